The minimum Gasteiger partial charge on any atom is -0.322 e. The minimum atomic E-state index is 0.116. The van der Waals surface area contributed by atoms with Gasteiger partial charge in [0.05, 0.1) is 6.33 Å². The number of rotatable bonds is 2. The van der Waals surface area contributed by atoms with Crippen LogP contribution in [0.25, 0.3) is 11.2 Å². The van der Waals surface area contributed by atoms with Gasteiger partial charge in [0.25, 0.3) is 0 Å². The fourth-order valence-electron chi connectivity index (χ4n) is 3.96. The lowest BCUT2D eigenvalue weighted by Crippen LogP contribution is -2.33. The van der Waals surface area contributed by atoms with Gasteiger partial charge in [-0.15, -0.1) is 0 Å². The fourth-order valence-corrected chi connectivity index (χ4v) is 4.44. The fraction of sp³-hybridized carbons (Fsp3) is 0.450. The third-order valence-corrected chi connectivity index (χ3v) is 6.11. The summed E-state index contributed by atoms with van der Waals surface area (Å²) in [4.78, 5) is 12.5. The van der Waals surface area contributed by atoms with E-state index in [1.807, 2.05) is 4.57 Å². The molecule has 0 amide bonds. The molecule has 136 valence electrons. The summed E-state index contributed by atoms with van der Waals surface area (Å²) in [5.41, 5.74) is 5.77. The number of imidazole rings is 1. The van der Waals surface area contributed by atoms with E-state index < -0.39 is 0 Å². The molecule has 2 aromatic heterocycles. The molecule has 2 heterocycles. The van der Waals surface area contributed by atoms with E-state index in [0.29, 0.717) is 22.9 Å². The van der Waals surface area contributed by atoms with Gasteiger partial charge < -0.3 is 4.57 Å². The van der Waals surface area contributed by atoms with Crippen molar-refractivity contribution >= 4 is 34.4 Å². The standard InChI is InChI=1S/C20H22Cl2N4/c1-19(2)7-8-20(3,4)14-9-12(5-6-13(14)19)10-26-11-23-17-15(26)16(21)24-18(22)25-17/h5-6,9,11H,7-8,10H2,1-4H3. The zero-order valence-corrected chi connectivity index (χ0v) is 17.0. The molecule has 0 spiro atoms. The van der Waals surface area contributed by atoms with Gasteiger partial charge in [-0.2, -0.15) is 4.98 Å². The second kappa shape index (κ2) is 5.93. The van der Waals surface area contributed by atoms with Crippen molar-refractivity contribution in [2.24, 2.45) is 0 Å². The molecule has 0 bridgehead atoms. The Kier molecular flexibility index (Phi) is 4.05. The Hall–Kier alpha value is -1.65. The monoisotopic (exact) mass is 388 g/mol. The van der Waals surface area contributed by atoms with Crippen LogP contribution in [0.15, 0.2) is 24.5 Å². The van der Waals surface area contributed by atoms with E-state index in [-0.39, 0.29) is 16.1 Å². The molecule has 0 saturated carbocycles. The highest BCUT2D eigenvalue weighted by molar-refractivity contribution is 6.35. The first kappa shape index (κ1) is 17.7. The van der Waals surface area contributed by atoms with Crippen molar-refractivity contribution in [3.05, 3.63) is 51.7 Å². The highest BCUT2D eigenvalue weighted by Gasteiger charge is 2.36. The molecule has 0 saturated heterocycles. The number of benzene rings is 1. The molecule has 3 aromatic rings. The van der Waals surface area contributed by atoms with Crippen molar-refractivity contribution in [1.29, 1.82) is 0 Å². The van der Waals surface area contributed by atoms with Crippen LogP contribution in [-0.4, -0.2) is 19.5 Å². The van der Waals surface area contributed by atoms with Crippen LogP contribution in [0.1, 0.15) is 57.2 Å². The topological polar surface area (TPSA) is 43.6 Å². The van der Waals surface area contributed by atoms with Gasteiger partial charge in [0.1, 0.15) is 5.52 Å². The average molecular weight is 389 g/mol. The third-order valence-electron chi connectivity index (χ3n) is 5.67. The van der Waals surface area contributed by atoms with E-state index in [4.69, 9.17) is 23.2 Å². The van der Waals surface area contributed by atoms with Crippen LogP contribution < -0.4 is 0 Å². The summed E-state index contributed by atoms with van der Waals surface area (Å²) in [5.74, 6) is 0. The Labute approximate surface area is 163 Å². The Bertz CT molecular complexity index is 1000. The van der Waals surface area contributed by atoms with Gasteiger partial charge in [0.15, 0.2) is 10.8 Å². The van der Waals surface area contributed by atoms with Crippen LogP contribution in [0.3, 0.4) is 0 Å². The van der Waals surface area contributed by atoms with E-state index >= 15 is 0 Å². The molecular formula is C20H22Cl2N4. The number of hydrogen-bond donors (Lipinski definition) is 0. The zero-order valence-electron chi connectivity index (χ0n) is 15.5. The Balaban J connectivity index is 1.77. The van der Waals surface area contributed by atoms with E-state index in [1.165, 1.54) is 29.5 Å². The summed E-state index contributed by atoms with van der Waals surface area (Å²) in [6.45, 7) is 10.0. The molecule has 0 fully saturated rings. The summed E-state index contributed by atoms with van der Waals surface area (Å²) in [7, 11) is 0. The van der Waals surface area contributed by atoms with Crippen molar-refractivity contribution in [2.45, 2.75) is 57.9 Å². The quantitative estimate of drug-likeness (QED) is 0.428. The number of hydrogen-bond acceptors (Lipinski definition) is 3. The van der Waals surface area contributed by atoms with Crippen LogP contribution >= 0.6 is 23.2 Å². The second-order valence-electron chi connectivity index (χ2n) is 8.48. The lowest BCUT2D eigenvalue weighted by Gasteiger charge is -2.42. The van der Waals surface area contributed by atoms with Gasteiger partial charge in [0.2, 0.25) is 5.28 Å². The molecule has 0 aliphatic heterocycles. The first-order chi connectivity index (χ1) is 12.2. The molecule has 0 atom stereocenters. The van der Waals surface area contributed by atoms with Crippen LogP contribution in [0.5, 0.6) is 0 Å². The molecule has 0 unspecified atom stereocenters. The maximum atomic E-state index is 6.28. The highest BCUT2D eigenvalue weighted by atomic mass is 35.5. The van der Waals surface area contributed by atoms with Gasteiger partial charge in [-0.3, -0.25) is 0 Å². The normalized spacial score (nSPS) is 18.1. The van der Waals surface area contributed by atoms with E-state index in [2.05, 4.69) is 60.8 Å². The molecule has 1 aliphatic rings. The van der Waals surface area contributed by atoms with Gasteiger partial charge in [-0.1, -0.05) is 57.5 Å². The summed E-state index contributed by atoms with van der Waals surface area (Å²) in [6.07, 6.45) is 4.16. The first-order valence-electron chi connectivity index (χ1n) is 8.85. The molecule has 26 heavy (non-hydrogen) atoms. The Morgan fingerprint density at radius 3 is 2.42 bits per heavy atom. The molecule has 0 N–H and O–H groups in total. The van der Waals surface area contributed by atoms with Gasteiger partial charge in [0, 0.05) is 6.54 Å². The Morgan fingerprint density at radius 1 is 1.00 bits per heavy atom. The molecular weight excluding hydrogens is 367 g/mol. The minimum absolute atomic E-state index is 0.116. The lowest BCUT2D eigenvalue weighted by atomic mass is 9.63. The number of fused-ring (bicyclic) bond motifs is 2. The smallest absolute Gasteiger partial charge is 0.225 e. The van der Waals surface area contributed by atoms with E-state index in [0.717, 1.165) is 0 Å². The summed E-state index contributed by atoms with van der Waals surface area (Å²) < 4.78 is 1.98. The third kappa shape index (κ3) is 2.89. The van der Waals surface area contributed by atoms with Gasteiger partial charge in [-0.25, -0.2) is 9.97 Å². The van der Waals surface area contributed by atoms with Crippen LogP contribution in [-0.2, 0) is 17.4 Å². The SMILES string of the molecule is CC1(C)CCC(C)(C)c2cc(Cn3cnc4nc(Cl)nc(Cl)c43)ccc21. The van der Waals surface area contributed by atoms with E-state index in [9.17, 15) is 0 Å². The van der Waals surface area contributed by atoms with Crippen LogP contribution in [0.2, 0.25) is 10.4 Å². The number of nitrogens with zero attached hydrogens (tertiary/aromatic N) is 4. The second-order valence-corrected chi connectivity index (χ2v) is 9.17. The van der Waals surface area contributed by atoms with Gasteiger partial charge in [-0.05, 0) is 52.0 Å². The van der Waals surface area contributed by atoms with Crippen molar-refractivity contribution in [3.63, 3.8) is 0 Å². The zero-order chi connectivity index (χ0) is 18.7. The number of halogens is 2. The first-order valence-corrected chi connectivity index (χ1v) is 9.61. The highest BCUT2D eigenvalue weighted by Crippen LogP contribution is 2.46. The maximum absolute atomic E-state index is 6.28. The molecule has 0 radical (unpaired) electrons. The molecule has 4 nitrogen and oxygen atoms in total. The maximum Gasteiger partial charge on any atom is 0.225 e. The predicted molar refractivity (Wildman–Crippen MR) is 106 cm³/mol. The van der Waals surface area contributed by atoms with Crippen molar-refractivity contribution < 1.29 is 0 Å². The van der Waals surface area contributed by atoms with Crippen LogP contribution in [0.4, 0.5) is 0 Å². The van der Waals surface area contributed by atoms with Crippen molar-refractivity contribution in [2.75, 3.05) is 0 Å². The van der Waals surface area contributed by atoms with Crippen LogP contribution in [0, 0.1) is 0 Å². The number of aromatic nitrogens is 4. The molecule has 6 heteroatoms. The van der Waals surface area contributed by atoms with Crippen molar-refractivity contribution in [1.82, 2.24) is 19.5 Å². The predicted octanol–water partition coefficient (Wildman–Crippen LogP) is 5.53. The summed E-state index contributed by atoms with van der Waals surface area (Å²) >= 11 is 12.2. The van der Waals surface area contributed by atoms with E-state index in [1.54, 1.807) is 6.33 Å². The van der Waals surface area contributed by atoms with Gasteiger partial charge >= 0.3 is 0 Å². The Morgan fingerprint density at radius 2 is 1.69 bits per heavy atom. The molecule has 1 aromatic carbocycles. The summed E-state index contributed by atoms with van der Waals surface area (Å²) in [5, 5.41) is 0.447. The summed E-state index contributed by atoms with van der Waals surface area (Å²) in [6, 6.07) is 6.84. The van der Waals surface area contributed by atoms with Crippen molar-refractivity contribution in [3.8, 4) is 0 Å². The molecule has 4 rings (SSSR count). The average Bonchev–Trinajstić information content (AvgIpc) is 2.95. The largest absolute Gasteiger partial charge is 0.322 e. The molecule has 1 aliphatic carbocycles. The lowest BCUT2D eigenvalue weighted by molar-refractivity contribution is 0.331.